The molecule has 2 rings (SSSR count). The van der Waals surface area contributed by atoms with Crippen molar-refractivity contribution in [3.8, 4) is 11.5 Å². The second-order valence-electron chi connectivity index (χ2n) is 4.71. The first-order chi connectivity index (χ1) is 9.63. The van der Waals surface area contributed by atoms with Gasteiger partial charge in [0.05, 0.1) is 26.8 Å². The molecule has 110 valence electrons. The van der Waals surface area contributed by atoms with Gasteiger partial charge in [-0.25, -0.2) is 0 Å². The summed E-state index contributed by atoms with van der Waals surface area (Å²) >= 11 is 6.97. The normalized spacial score (nSPS) is 16.4. The summed E-state index contributed by atoms with van der Waals surface area (Å²) < 4.78 is 11.6. The predicted molar refractivity (Wildman–Crippen MR) is 87.6 cm³/mol. The SMILES string of the molecule is COc1ccc(CCN2CSC(=S)N(C)C2)cc1OC. The summed E-state index contributed by atoms with van der Waals surface area (Å²) in [6, 6.07) is 6.09. The van der Waals surface area contributed by atoms with E-state index in [0.717, 1.165) is 41.3 Å². The van der Waals surface area contributed by atoms with Gasteiger partial charge in [0, 0.05) is 13.6 Å². The smallest absolute Gasteiger partial charge is 0.160 e. The molecule has 1 saturated heterocycles. The van der Waals surface area contributed by atoms with E-state index in [1.54, 1.807) is 26.0 Å². The third-order valence-electron chi connectivity index (χ3n) is 3.26. The van der Waals surface area contributed by atoms with Crippen LogP contribution in [0.2, 0.25) is 0 Å². The second kappa shape index (κ2) is 7.15. The molecule has 0 amide bonds. The van der Waals surface area contributed by atoms with E-state index in [4.69, 9.17) is 21.7 Å². The van der Waals surface area contributed by atoms with Crippen LogP contribution in [0.1, 0.15) is 5.56 Å². The quantitative estimate of drug-likeness (QED) is 0.775. The van der Waals surface area contributed by atoms with Crippen molar-refractivity contribution < 1.29 is 9.47 Å². The Morgan fingerprint density at radius 1 is 1.25 bits per heavy atom. The first kappa shape index (κ1) is 15.4. The monoisotopic (exact) mass is 312 g/mol. The van der Waals surface area contributed by atoms with E-state index in [9.17, 15) is 0 Å². The Morgan fingerprint density at radius 3 is 2.65 bits per heavy atom. The minimum atomic E-state index is 0.773. The number of thiocarbonyl (C=S) groups is 1. The van der Waals surface area contributed by atoms with E-state index in [2.05, 4.69) is 15.9 Å². The van der Waals surface area contributed by atoms with Crippen LogP contribution in [0.25, 0.3) is 0 Å². The largest absolute Gasteiger partial charge is 0.493 e. The zero-order valence-corrected chi connectivity index (χ0v) is 13.7. The molecule has 1 aliphatic rings. The van der Waals surface area contributed by atoms with E-state index in [-0.39, 0.29) is 0 Å². The van der Waals surface area contributed by atoms with Crippen LogP contribution >= 0.6 is 24.0 Å². The molecule has 0 aliphatic carbocycles. The molecule has 1 fully saturated rings. The predicted octanol–water partition coefficient (Wildman–Crippen LogP) is 2.43. The highest BCUT2D eigenvalue weighted by molar-refractivity contribution is 8.22. The summed E-state index contributed by atoms with van der Waals surface area (Å²) in [6.07, 6.45) is 0.988. The van der Waals surface area contributed by atoms with Crippen molar-refractivity contribution in [3.05, 3.63) is 23.8 Å². The van der Waals surface area contributed by atoms with Gasteiger partial charge in [-0.2, -0.15) is 0 Å². The van der Waals surface area contributed by atoms with Crippen LogP contribution in [0.15, 0.2) is 18.2 Å². The van der Waals surface area contributed by atoms with Crippen molar-refractivity contribution >= 4 is 28.3 Å². The average Bonchev–Trinajstić information content (AvgIpc) is 2.48. The highest BCUT2D eigenvalue weighted by atomic mass is 32.2. The maximum Gasteiger partial charge on any atom is 0.160 e. The number of benzene rings is 1. The lowest BCUT2D eigenvalue weighted by Crippen LogP contribution is -2.43. The minimum absolute atomic E-state index is 0.773. The van der Waals surface area contributed by atoms with Crippen LogP contribution in [0, 0.1) is 0 Å². The summed E-state index contributed by atoms with van der Waals surface area (Å²) in [5.41, 5.74) is 1.25. The van der Waals surface area contributed by atoms with E-state index >= 15 is 0 Å². The second-order valence-corrected chi connectivity index (χ2v) is 6.29. The maximum atomic E-state index is 5.33. The number of hydrogen-bond donors (Lipinski definition) is 0. The maximum absolute atomic E-state index is 5.33. The van der Waals surface area contributed by atoms with Crippen molar-refractivity contribution in [2.24, 2.45) is 0 Å². The standard InChI is InChI=1S/C14H20N2O2S2/c1-15-9-16(10-20-14(15)19)7-6-11-4-5-12(17-2)13(8-11)18-3/h4-5,8H,6-7,9-10H2,1-3H3. The summed E-state index contributed by atoms with van der Waals surface area (Å²) in [5.74, 6) is 2.53. The van der Waals surface area contributed by atoms with Gasteiger partial charge < -0.3 is 14.4 Å². The number of nitrogens with zero attached hydrogens (tertiary/aromatic N) is 2. The Hall–Kier alpha value is -0.980. The molecule has 0 unspecified atom stereocenters. The van der Waals surface area contributed by atoms with Crippen molar-refractivity contribution in [1.29, 1.82) is 0 Å². The number of thioether (sulfide) groups is 1. The molecule has 6 heteroatoms. The molecule has 0 saturated carbocycles. The summed E-state index contributed by atoms with van der Waals surface area (Å²) in [7, 11) is 5.36. The topological polar surface area (TPSA) is 24.9 Å². The van der Waals surface area contributed by atoms with Crippen LogP contribution in [0.5, 0.6) is 11.5 Å². The van der Waals surface area contributed by atoms with Gasteiger partial charge in [-0.15, -0.1) is 0 Å². The van der Waals surface area contributed by atoms with E-state index < -0.39 is 0 Å². The van der Waals surface area contributed by atoms with Gasteiger partial charge in [0.1, 0.15) is 4.32 Å². The van der Waals surface area contributed by atoms with Crippen molar-refractivity contribution in [1.82, 2.24) is 9.80 Å². The van der Waals surface area contributed by atoms with E-state index in [1.807, 2.05) is 19.2 Å². The minimum Gasteiger partial charge on any atom is -0.493 e. The Morgan fingerprint density at radius 2 is 2.00 bits per heavy atom. The molecule has 0 bridgehead atoms. The summed E-state index contributed by atoms with van der Waals surface area (Å²) in [5, 5.41) is 0. The van der Waals surface area contributed by atoms with E-state index in [1.165, 1.54) is 5.56 Å². The third kappa shape index (κ3) is 3.77. The highest BCUT2D eigenvalue weighted by Gasteiger charge is 2.18. The first-order valence-electron chi connectivity index (χ1n) is 6.45. The number of rotatable bonds is 5. The zero-order valence-electron chi connectivity index (χ0n) is 12.1. The number of methoxy groups -OCH3 is 2. The van der Waals surface area contributed by atoms with Crippen LogP contribution in [-0.4, -0.2) is 54.5 Å². The molecule has 0 N–H and O–H groups in total. The molecule has 0 aromatic heterocycles. The van der Waals surface area contributed by atoms with Gasteiger partial charge in [0.15, 0.2) is 11.5 Å². The third-order valence-corrected chi connectivity index (χ3v) is 4.98. The Kier molecular flexibility index (Phi) is 5.51. The fraction of sp³-hybridized carbons (Fsp3) is 0.500. The Balaban J connectivity index is 1.92. The van der Waals surface area contributed by atoms with Gasteiger partial charge in [-0.05, 0) is 24.1 Å². The van der Waals surface area contributed by atoms with Gasteiger partial charge in [-0.1, -0.05) is 30.0 Å². The molecule has 0 spiro atoms. The fourth-order valence-corrected chi connectivity index (χ4v) is 3.11. The molecule has 20 heavy (non-hydrogen) atoms. The molecule has 0 atom stereocenters. The molecule has 1 heterocycles. The highest BCUT2D eigenvalue weighted by Crippen LogP contribution is 2.28. The van der Waals surface area contributed by atoms with Gasteiger partial charge in [0.2, 0.25) is 0 Å². The fourth-order valence-electron chi connectivity index (χ4n) is 2.11. The average molecular weight is 312 g/mol. The molecule has 1 aromatic carbocycles. The van der Waals surface area contributed by atoms with Crippen molar-refractivity contribution in [2.45, 2.75) is 6.42 Å². The van der Waals surface area contributed by atoms with Crippen LogP contribution < -0.4 is 9.47 Å². The summed E-state index contributed by atoms with van der Waals surface area (Å²) in [6.45, 7) is 1.91. The molecule has 1 aliphatic heterocycles. The zero-order chi connectivity index (χ0) is 14.5. The Bertz CT molecular complexity index is 482. The molecule has 1 aromatic rings. The lowest BCUT2D eigenvalue weighted by molar-refractivity contribution is 0.236. The van der Waals surface area contributed by atoms with Crippen LogP contribution in [0.3, 0.4) is 0 Å². The molecule has 4 nitrogen and oxygen atoms in total. The summed E-state index contributed by atoms with van der Waals surface area (Å²) in [4.78, 5) is 4.50. The van der Waals surface area contributed by atoms with E-state index in [0.29, 0.717) is 0 Å². The van der Waals surface area contributed by atoms with Crippen molar-refractivity contribution in [2.75, 3.05) is 40.4 Å². The Labute approximate surface area is 130 Å². The van der Waals surface area contributed by atoms with Gasteiger partial charge >= 0.3 is 0 Å². The molecule has 0 radical (unpaired) electrons. The number of ether oxygens (including phenoxy) is 2. The first-order valence-corrected chi connectivity index (χ1v) is 7.84. The lowest BCUT2D eigenvalue weighted by atomic mass is 10.1. The van der Waals surface area contributed by atoms with Gasteiger partial charge in [-0.3, -0.25) is 4.90 Å². The molecular formula is C14H20N2O2S2. The van der Waals surface area contributed by atoms with Crippen LogP contribution in [-0.2, 0) is 6.42 Å². The lowest BCUT2D eigenvalue weighted by Gasteiger charge is -2.34. The molecular weight excluding hydrogens is 292 g/mol. The van der Waals surface area contributed by atoms with Crippen LogP contribution in [0.4, 0.5) is 0 Å². The van der Waals surface area contributed by atoms with Crippen molar-refractivity contribution in [3.63, 3.8) is 0 Å². The number of hydrogen-bond acceptors (Lipinski definition) is 5. The van der Waals surface area contributed by atoms with Gasteiger partial charge in [0.25, 0.3) is 0 Å².